The van der Waals surface area contributed by atoms with E-state index >= 15 is 0 Å². The standard InChI is InChI=1S/C22H25N5O4S/c1-31-19-7-6-17(15-20(19)32(29,30)27-9-2-3-10-27)22(28)26-13-11-25(12-14-26)21-18(16-23)5-4-8-24-21/h4-8,15H,2-3,9-14H2,1H3. The number of piperazine rings is 1. The molecule has 2 aliphatic heterocycles. The van der Waals surface area contributed by atoms with Gasteiger partial charge in [-0.05, 0) is 43.2 Å². The lowest BCUT2D eigenvalue weighted by Gasteiger charge is -2.35. The van der Waals surface area contributed by atoms with Crippen LogP contribution in [0.1, 0.15) is 28.8 Å². The van der Waals surface area contributed by atoms with Crippen molar-refractivity contribution < 1.29 is 17.9 Å². The van der Waals surface area contributed by atoms with E-state index in [0.717, 1.165) is 12.8 Å². The second-order valence-corrected chi connectivity index (χ2v) is 9.65. The van der Waals surface area contributed by atoms with Gasteiger partial charge in [0, 0.05) is 51.0 Å². The van der Waals surface area contributed by atoms with Gasteiger partial charge in [-0.2, -0.15) is 9.57 Å². The van der Waals surface area contributed by atoms with Gasteiger partial charge in [0.25, 0.3) is 5.91 Å². The number of carbonyl (C=O) groups is 1. The molecule has 0 bridgehead atoms. The van der Waals surface area contributed by atoms with Crippen LogP contribution < -0.4 is 9.64 Å². The van der Waals surface area contributed by atoms with Crippen LogP contribution in [0.15, 0.2) is 41.4 Å². The van der Waals surface area contributed by atoms with Crippen LogP contribution in [0.3, 0.4) is 0 Å². The fourth-order valence-electron chi connectivity index (χ4n) is 4.12. The van der Waals surface area contributed by atoms with Crippen molar-refractivity contribution in [3.8, 4) is 11.8 Å². The number of amides is 1. The lowest BCUT2D eigenvalue weighted by Crippen LogP contribution is -2.49. The van der Waals surface area contributed by atoms with Gasteiger partial charge in [0.15, 0.2) is 0 Å². The van der Waals surface area contributed by atoms with Crippen LogP contribution >= 0.6 is 0 Å². The lowest BCUT2D eigenvalue weighted by atomic mass is 10.1. The van der Waals surface area contributed by atoms with Crippen molar-refractivity contribution in [2.75, 3.05) is 51.3 Å². The maximum absolute atomic E-state index is 13.2. The van der Waals surface area contributed by atoms with Crippen molar-refractivity contribution in [3.63, 3.8) is 0 Å². The molecule has 0 aliphatic carbocycles. The molecular weight excluding hydrogens is 430 g/mol. The largest absolute Gasteiger partial charge is 0.495 e. The SMILES string of the molecule is COc1ccc(C(=O)N2CCN(c3ncccc3C#N)CC2)cc1S(=O)(=O)N1CCCC1. The molecule has 0 saturated carbocycles. The van der Waals surface area contributed by atoms with Crippen LogP contribution in [-0.4, -0.2) is 74.9 Å². The van der Waals surface area contributed by atoms with Gasteiger partial charge in [0.1, 0.15) is 22.5 Å². The third-order valence-electron chi connectivity index (χ3n) is 5.87. The van der Waals surface area contributed by atoms with Gasteiger partial charge in [0.2, 0.25) is 10.0 Å². The van der Waals surface area contributed by atoms with Crippen molar-refractivity contribution in [1.29, 1.82) is 5.26 Å². The topological polar surface area (TPSA) is 107 Å². The van der Waals surface area contributed by atoms with Gasteiger partial charge in [-0.25, -0.2) is 13.4 Å². The first-order chi connectivity index (χ1) is 15.5. The fraction of sp³-hybridized carbons (Fsp3) is 0.409. The summed E-state index contributed by atoms with van der Waals surface area (Å²) < 4.78 is 32.9. The van der Waals surface area contributed by atoms with E-state index < -0.39 is 10.0 Å². The molecule has 2 aromatic rings. The molecule has 168 valence electrons. The lowest BCUT2D eigenvalue weighted by molar-refractivity contribution is 0.0746. The summed E-state index contributed by atoms with van der Waals surface area (Å²) in [6.07, 6.45) is 3.30. The van der Waals surface area contributed by atoms with E-state index in [1.807, 2.05) is 4.90 Å². The number of ether oxygens (including phenoxy) is 1. The highest BCUT2D eigenvalue weighted by Gasteiger charge is 2.32. The Labute approximate surface area is 187 Å². The molecule has 1 aromatic heterocycles. The van der Waals surface area contributed by atoms with E-state index in [2.05, 4.69) is 11.1 Å². The smallest absolute Gasteiger partial charge is 0.254 e. The van der Waals surface area contributed by atoms with E-state index in [0.29, 0.717) is 56.2 Å². The second-order valence-electron chi connectivity index (χ2n) is 7.74. The molecule has 9 nitrogen and oxygen atoms in total. The summed E-state index contributed by atoms with van der Waals surface area (Å²) in [5.41, 5.74) is 0.812. The average Bonchev–Trinajstić information content (AvgIpc) is 3.39. The number of carbonyl (C=O) groups excluding carboxylic acids is 1. The second kappa shape index (κ2) is 9.14. The van der Waals surface area contributed by atoms with Gasteiger partial charge < -0.3 is 14.5 Å². The Hall–Kier alpha value is -3.16. The molecule has 0 radical (unpaired) electrons. The molecule has 0 unspecified atom stereocenters. The minimum absolute atomic E-state index is 0.0264. The fourth-order valence-corrected chi connectivity index (χ4v) is 5.82. The van der Waals surface area contributed by atoms with Crippen molar-refractivity contribution in [3.05, 3.63) is 47.7 Å². The Kier molecular flexibility index (Phi) is 6.30. The number of rotatable bonds is 5. The zero-order valence-corrected chi connectivity index (χ0v) is 18.7. The molecule has 0 N–H and O–H groups in total. The van der Waals surface area contributed by atoms with Crippen LogP contribution in [0.4, 0.5) is 5.82 Å². The quantitative estimate of drug-likeness (QED) is 0.675. The molecule has 2 saturated heterocycles. The van der Waals surface area contributed by atoms with Gasteiger partial charge in [-0.3, -0.25) is 4.79 Å². The molecule has 2 fully saturated rings. The summed E-state index contributed by atoms with van der Waals surface area (Å²) in [5.74, 6) is 0.620. The molecule has 1 aromatic carbocycles. The number of hydrogen-bond acceptors (Lipinski definition) is 7. The highest BCUT2D eigenvalue weighted by atomic mass is 32.2. The molecular formula is C22H25N5O4S. The average molecular weight is 456 g/mol. The Morgan fingerprint density at radius 2 is 1.81 bits per heavy atom. The molecule has 3 heterocycles. The van der Waals surface area contributed by atoms with Crippen LogP contribution in [0.5, 0.6) is 5.75 Å². The van der Waals surface area contributed by atoms with Gasteiger partial charge in [-0.15, -0.1) is 0 Å². The summed E-state index contributed by atoms with van der Waals surface area (Å²) in [6, 6.07) is 10.2. The summed E-state index contributed by atoms with van der Waals surface area (Å²) in [6.45, 7) is 2.91. The van der Waals surface area contributed by atoms with Crippen LogP contribution in [0.25, 0.3) is 0 Å². The number of aromatic nitrogens is 1. The van der Waals surface area contributed by atoms with Crippen LogP contribution in [0.2, 0.25) is 0 Å². The summed E-state index contributed by atoms with van der Waals surface area (Å²) in [7, 11) is -2.31. The third-order valence-corrected chi connectivity index (χ3v) is 7.79. The molecule has 0 atom stereocenters. The highest BCUT2D eigenvalue weighted by Crippen LogP contribution is 2.30. The number of pyridine rings is 1. The van der Waals surface area contributed by atoms with Gasteiger partial charge >= 0.3 is 0 Å². The number of anilines is 1. The van der Waals surface area contributed by atoms with Gasteiger partial charge in [-0.1, -0.05) is 0 Å². The number of benzene rings is 1. The number of nitrogens with zero attached hydrogens (tertiary/aromatic N) is 5. The third kappa shape index (κ3) is 4.13. The summed E-state index contributed by atoms with van der Waals surface area (Å²) in [4.78, 5) is 21.2. The number of hydrogen-bond donors (Lipinski definition) is 0. The first-order valence-corrected chi connectivity index (χ1v) is 12.0. The van der Waals surface area contributed by atoms with Crippen LogP contribution in [0, 0.1) is 11.3 Å². The first kappa shape index (κ1) is 22.0. The number of sulfonamides is 1. The predicted molar refractivity (Wildman–Crippen MR) is 118 cm³/mol. The Bertz CT molecular complexity index is 1150. The maximum atomic E-state index is 13.2. The molecule has 10 heteroatoms. The molecule has 32 heavy (non-hydrogen) atoms. The Morgan fingerprint density at radius 3 is 2.47 bits per heavy atom. The highest BCUT2D eigenvalue weighted by molar-refractivity contribution is 7.89. The number of methoxy groups -OCH3 is 1. The van der Waals surface area contributed by atoms with E-state index in [9.17, 15) is 18.5 Å². The monoisotopic (exact) mass is 455 g/mol. The zero-order chi connectivity index (χ0) is 22.7. The van der Waals surface area contributed by atoms with Crippen molar-refractivity contribution >= 4 is 21.7 Å². The molecule has 0 spiro atoms. The Morgan fingerprint density at radius 1 is 1.09 bits per heavy atom. The first-order valence-electron chi connectivity index (χ1n) is 10.5. The van der Waals surface area contributed by atoms with Crippen molar-refractivity contribution in [2.45, 2.75) is 17.7 Å². The van der Waals surface area contributed by atoms with Gasteiger partial charge in [0.05, 0.1) is 12.7 Å². The van der Waals surface area contributed by atoms with E-state index in [1.165, 1.54) is 17.5 Å². The van der Waals surface area contributed by atoms with Crippen molar-refractivity contribution in [1.82, 2.24) is 14.2 Å². The summed E-state index contributed by atoms with van der Waals surface area (Å²) >= 11 is 0. The Balaban J connectivity index is 1.52. The minimum atomic E-state index is -3.73. The van der Waals surface area contributed by atoms with E-state index in [-0.39, 0.29) is 16.6 Å². The van der Waals surface area contributed by atoms with E-state index in [4.69, 9.17) is 4.74 Å². The predicted octanol–water partition coefficient (Wildman–Crippen LogP) is 1.71. The molecule has 4 rings (SSSR count). The van der Waals surface area contributed by atoms with E-state index in [1.54, 1.807) is 35.4 Å². The number of nitriles is 1. The zero-order valence-electron chi connectivity index (χ0n) is 17.9. The summed E-state index contributed by atoms with van der Waals surface area (Å²) in [5, 5.41) is 9.31. The normalized spacial score (nSPS) is 17.2. The maximum Gasteiger partial charge on any atom is 0.254 e. The molecule has 2 aliphatic rings. The molecule has 1 amide bonds. The van der Waals surface area contributed by atoms with Crippen LogP contribution in [-0.2, 0) is 10.0 Å². The minimum Gasteiger partial charge on any atom is -0.495 e. The van der Waals surface area contributed by atoms with Crippen molar-refractivity contribution in [2.24, 2.45) is 0 Å².